The Balaban J connectivity index is 2.82. The van der Waals surface area contributed by atoms with Crippen molar-refractivity contribution in [3.05, 3.63) is 23.0 Å². The van der Waals surface area contributed by atoms with Crippen LogP contribution in [0, 0.1) is 16.7 Å². The summed E-state index contributed by atoms with van der Waals surface area (Å²) in [6.45, 7) is 3.75. The van der Waals surface area contributed by atoms with Gasteiger partial charge < -0.3 is 13.7 Å². The second kappa shape index (κ2) is 6.33. The monoisotopic (exact) mass is 426 g/mol. The lowest BCUT2D eigenvalue weighted by Crippen LogP contribution is -2.56. The molecule has 0 saturated carbocycles. The summed E-state index contributed by atoms with van der Waals surface area (Å²) >= 11 is 0. The van der Waals surface area contributed by atoms with E-state index in [1.807, 2.05) is 0 Å². The fourth-order valence-corrected chi connectivity index (χ4v) is 4.19. The highest BCUT2D eigenvalue weighted by Gasteiger charge is 2.64. The molecule has 3 rings (SSSR count). The number of hydrogen-bond acceptors (Lipinski definition) is 8. The van der Waals surface area contributed by atoms with Crippen LogP contribution in [0.5, 0.6) is 0 Å². The fraction of sp³-hybridized carbons (Fsp3) is 0.562. The number of ketones is 1. The summed E-state index contributed by atoms with van der Waals surface area (Å²) in [6.07, 6.45) is 0.799. The van der Waals surface area contributed by atoms with E-state index in [1.165, 1.54) is 13.8 Å². The fourth-order valence-electron chi connectivity index (χ4n) is 3.70. The first-order valence-corrected chi connectivity index (χ1v) is 9.16. The first-order chi connectivity index (χ1) is 12.6. The number of ether oxygens (including phenoxy) is 2. The van der Waals surface area contributed by atoms with E-state index in [4.69, 9.17) is 0 Å². The standard InChI is InChI=1S/C16H17F3O8S/c1-14(2)9-7(27-28(23,24)16(17,18)19)6-15(3,13(14)22)10(12(21)26-5)8(9)11(20)25-4/h6,9H,1-5H3. The Morgan fingerprint density at radius 2 is 1.57 bits per heavy atom. The maximum Gasteiger partial charge on any atom is 0.534 e. The Morgan fingerprint density at radius 1 is 1.07 bits per heavy atom. The topological polar surface area (TPSA) is 113 Å². The molecule has 8 nitrogen and oxygen atoms in total. The molecule has 28 heavy (non-hydrogen) atoms. The van der Waals surface area contributed by atoms with Crippen molar-refractivity contribution in [3.63, 3.8) is 0 Å². The molecule has 0 N–H and O–H groups in total. The second-order valence-electron chi connectivity index (χ2n) is 6.99. The third kappa shape index (κ3) is 2.90. The number of hydrogen-bond donors (Lipinski definition) is 0. The average molecular weight is 426 g/mol. The van der Waals surface area contributed by atoms with Gasteiger partial charge in [-0.15, -0.1) is 0 Å². The number of fused-ring (bicyclic) bond motifs is 1. The summed E-state index contributed by atoms with van der Waals surface area (Å²) in [6, 6.07) is 0. The smallest absolute Gasteiger partial charge is 0.466 e. The quantitative estimate of drug-likeness (QED) is 0.379. The predicted octanol–water partition coefficient (Wildman–Crippen LogP) is 1.62. The van der Waals surface area contributed by atoms with Crippen molar-refractivity contribution >= 4 is 27.8 Å². The third-order valence-electron chi connectivity index (χ3n) is 4.86. The molecule has 0 fully saturated rings. The lowest BCUT2D eigenvalue weighted by molar-refractivity contribution is -0.148. The number of alkyl halides is 3. The number of allylic oxidation sites excluding steroid dienone is 2. The van der Waals surface area contributed by atoms with Crippen LogP contribution in [0.1, 0.15) is 20.8 Å². The van der Waals surface area contributed by atoms with Gasteiger partial charge in [0.2, 0.25) is 0 Å². The van der Waals surface area contributed by atoms with Crippen LogP contribution in [0.15, 0.2) is 23.0 Å². The first-order valence-electron chi connectivity index (χ1n) is 7.76. The van der Waals surface area contributed by atoms with Crippen LogP contribution in [0.4, 0.5) is 13.2 Å². The molecule has 0 radical (unpaired) electrons. The molecule has 0 aromatic carbocycles. The minimum Gasteiger partial charge on any atom is -0.466 e. The van der Waals surface area contributed by atoms with Crippen LogP contribution in [0.3, 0.4) is 0 Å². The third-order valence-corrected chi connectivity index (χ3v) is 5.83. The van der Waals surface area contributed by atoms with Gasteiger partial charge in [-0.25, -0.2) is 9.59 Å². The number of halogens is 3. The van der Waals surface area contributed by atoms with E-state index >= 15 is 0 Å². The maximum atomic E-state index is 13.0. The van der Waals surface area contributed by atoms with Crippen molar-refractivity contribution in [2.24, 2.45) is 16.7 Å². The van der Waals surface area contributed by atoms with Crippen LogP contribution < -0.4 is 0 Å². The number of carbonyl (C=O) groups is 3. The summed E-state index contributed by atoms with van der Waals surface area (Å²) in [5.41, 5.74) is -10.2. The molecule has 0 aromatic heterocycles. The molecule has 0 aromatic rings. The summed E-state index contributed by atoms with van der Waals surface area (Å²) in [5.74, 6) is -5.24. The molecular formula is C16H17F3O8S. The molecule has 12 heteroatoms. The molecule has 0 heterocycles. The normalized spacial score (nSPS) is 26.6. The minimum atomic E-state index is -6.08. The van der Waals surface area contributed by atoms with E-state index in [1.54, 1.807) is 0 Å². The van der Waals surface area contributed by atoms with Gasteiger partial charge in [0.25, 0.3) is 0 Å². The largest absolute Gasteiger partial charge is 0.534 e. The highest BCUT2D eigenvalue weighted by Crippen LogP contribution is 2.59. The van der Waals surface area contributed by atoms with Gasteiger partial charge in [0.05, 0.1) is 36.7 Å². The summed E-state index contributed by atoms with van der Waals surface area (Å²) < 4.78 is 74.9. The van der Waals surface area contributed by atoms with Crippen molar-refractivity contribution in [1.82, 2.24) is 0 Å². The minimum absolute atomic E-state index is 0.437. The van der Waals surface area contributed by atoms with Gasteiger partial charge in [-0.2, -0.15) is 21.6 Å². The lowest BCUT2D eigenvalue weighted by atomic mass is 9.51. The molecule has 3 aliphatic rings. The number of Topliss-reactive ketones (excluding diaryl/α,β-unsaturated/α-hetero) is 1. The Kier molecular flexibility index (Phi) is 4.95. The molecule has 2 unspecified atom stereocenters. The van der Waals surface area contributed by atoms with Crippen molar-refractivity contribution in [3.8, 4) is 0 Å². The van der Waals surface area contributed by atoms with Gasteiger partial charge in [0, 0.05) is 5.41 Å². The van der Waals surface area contributed by atoms with Crippen LogP contribution in [0.25, 0.3) is 0 Å². The van der Waals surface area contributed by atoms with Gasteiger partial charge in [-0.05, 0) is 13.0 Å². The molecule has 3 aliphatic carbocycles. The van der Waals surface area contributed by atoms with Crippen molar-refractivity contribution in [2.75, 3.05) is 14.2 Å². The van der Waals surface area contributed by atoms with Crippen molar-refractivity contribution in [1.29, 1.82) is 0 Å². The van der Waals surface area contributed by atoms with E-state index in [-0.39, 0.29) is 0 Å². The molecule has 2 atom stereocenters. The van der Waals surface area contributed by atoms with Crippen molar-refractivity contribution in [2.45, 2.75) is 26.3 Å². The van der Waals surface area contributed by atoms with E-state index in [9.17, 15) is 36.0 Å². The molecular weight excluding hydrogens is 409 g/mol. The predicted molar refractivity (Wildman–Crippen MR) is 85.6 cm³/mol. The summed E-state index contributed by atoms with van der Waals surface area (Å²) in [4.78, 5) is 37.6. The zero-order valence-corrected chi connectivity index (χ0v) is 16.3. The number of methoxy groups -OCH3 is 2. The zero-order chi connectivity index (χ0) is 21.9. The SMILES string of the molecule is COC(=O)C1=C(C(=O)OC)C2(C)C=C(OS(=O)(=O)C(F)(F)F)C1C(C)(C)C2=O. The Labute approximate surface area is 158 Å². The first kappa shape index (κ1) is 21.9. The molecule has 0 saturated heterocycles. The molecule has 0 amide bonds. The van der Waals surface area contributed by atoms with E-state index in [2.05, 4.69) is 13.7 Å². The zero-order valence-electron chi connectivity index (χ0n) is 15.5. The van der Waals surface area contributed by atoms with Gasteiger partial charge in [-0.1, -0.05) is 13.8 Å². The lowest BCUT2D eigenvalue weighted by Gasteiger charge is -2.50. The van der Waals surface area contributed by atoms with Crippen LogP contribution in [-0.2, 0) is 38.2 Å². The molecule has 156 valence electrons. The Hall–Kier alpha value is -2.37. The van der Waals surface area contributed by atoms with Crippen LogP contribution >= 0.6 is 0 Å². The Bertz CT molecular complexity index is 926. The number of esters is 2. The maximum absolute atomic E-state index is 13.0. The van der Waals surface area contributed by atoms with Crippen LogP contribution in [-0.4, -0.2) is 45.9 Å². The van der Waals surface area contributed by atoms with Gasteiger partial charge in [0.1, 0.15) is 5.76 Å². The molecule has 2 bridgehead atoms. The highest BCUT2D eigenvalue weighted by molar-refractivity contribution is 7.87. The molecule has 0 spiro atoms. The van der Waals surface area contributed by atoms with Gasteiger partial charge in [-0.3, -0.25) is 4.79 Å². The number of rotatable bonds is 4. The summed E-state index contributed by atoms with van der Waals surface area (Å²) in [5, 5.41) is 0. The van der Waals surface area contributed by atoms with Crippen LogP contribution in [0.2, 0.25) is 0 Å². The second-order valence-corrected chi connectivity index (χ2v) is 8.53. The number of carbonyl (C=O) groups excluding carboxylic acids is 3. The van der Waals surface area contributed by atoms with Gasteiger partial charge in [0.15, 0.2) is 5.78 Å². The van der Waals surface area contributed by atoms with E-state index in [0.717, 1.165) is 27.2 Å². The molecule has 0 aliphatic heterocycles. The Morgan fingerprint density at radius 3 is 2.00 bits per heavy atom. The average Bonchev–Trinajstić information content (AvgIpc) is 2.56. The van der Waals surface area contributed by atoms with E-state index < -0.39 is 67.0 Å². The van der Waals surface area contributed by atoms with Crippen molar-refractivity contribution < 1.29 is 49.6 Å². The van der Waals surface area contributed by atoms with E-state index in [0.29, 0.717) is 0 Å². The highest BCUT2D eigenvalue weighted by atomic mass is 32.2. The van der Waals surface area contributed by atoms with Gasteiger partial charge >= 0.3 is 27.6 Å². The summed E-state index contributed by atoms with van der Waals surface area (Å²) in [7, 11) is -4.14.